The molecule has 3 heterocycles. The van der Waals surface area contributed by atoms with E-state index in [1.54, 1.807) is 13.1 Å². The van der Waals surface area contributed by atoms with Crippen LogP contribution >= 0.6 is 0 Å². The van der Waals surface area contributed by atoms with Crippen molar-refractivity contribution in [2.24, 2.45) is 0 Å². The van der Waals surface area contributed by atoms with Crippen molar-refractivity contribution in [1.82, 2.24) is 20.0 Å². The molecular formula is C19H24N4O2. The molecule has 6 heteroatoms. The third kappa shape index (κ3) is 3.39. The molecule has 1 aromatic heterocycles. The number of hydrogen-bond acceptors (Lipinski definition) is 4. The van der Waals surface area contributed by atoms with Crippen molar-refractivity contribution in [2.45, 2.75) is 31.8 Å². The van der Waals surface area contributed by atoms with E-state index in [2.05, 4.69) is 33.5 Å². The summed E-state index contributed by atoms with van der Waals surface area (Å²) in [4.78, 5) is 14.2. The summed E-state index contributed by atoms with van der Waals surface area (Å²) in [6.07, 6.45) is 5.18. The van der Waals surface area contributed by atoms with Gasteiger partial charge in [0, 0.05) is 32.8 Å². The quantitative estimate of drug-likeness (QED) is 0.925. The van der Waals surface area contributed by atoms with Crippen LogP contribution in [0.2, 0.25) is 0 Å². The highest BCUT2D eigenvalue weighted by atomic mass is 16.5. The molecule has 1 saturated heterocycles. The first kappa shape index (κ1) is 16.1. The largest absolute Gasteiger partial charge is 0.493 e. The molecule has 1 N–H and O–H groups in total. The Bertz CT molecular complexity index is 771. The number of carbonyl (C=O) groups excluding carboxylic acids is 1. The first-order valence-corrected chi connectivity index (χ1v) is 8.97. The molecule has 4 rings (SSSR count). The van der Waals surface area contributed by atoms with Crippen LogP contribution in [0.25, 0.3) is 0 Å². The Morgan fingerprint density at radius 1 is 1.40 bits per heavy atom. The smallest absolute Gasteiger partial charge is 0.271 e. The summed E-state index contributed by atoms with van der Waals surface area (Å²) in [7, 11) is 1.63. The molecule has 1 atom stereocenters. The van der Waals surface area contributed by atoms with Gasteiger partial charge in [-0.3, -0.25) is 14.4 Å². The SMILES string of the molecule is CNC(=O)c1ccn([C@@H]2CCCN(Cc3ccc4c(c3)CCO4)C2)n1. The molecule has 1 amide bonds. The molecule has 0 bridgehead atoms. The molecular weight excluding hydrogens is 316 g/mol. The Morgan fingerprint density at radius 2 is 2.32 bits per heavy atom. The molecule has 25 heavy (non-hydrogen) atoms. The highest BCUT2D eigenvalue weighted by Gasteiger charge is 2.23. The van der Waals surface area contributed by atoms with Crippen LogP contribution in [-0.2, 0) is 13.0 Å². The van der Waals surface area contributed by atoms with Crippen LogP contribution in [0, 0.1) is 0 Å². The highest BCUT2D eigenvalue weighted by Crippen LogP contribution is 2.28. The number of likely N-dealkylation sites (tertiary alicyclic amines) is 1. The van der Waals surface area contributed by atoms with Gasteiger partial charge < -0.3 is 10.1 Å². The minimum absolute atomic E-state index is 0.133. The fourth-order valence-corrected chi connectivity index (χ4v) is 3.78. The van der Waals surface area contributed by atoms with Gasteiger partial charge in [-0.15, -0.1) is 0 Å². The molecule has 0 saturated carbocycles. The van der Waals surface area contributed by atoms with Gasteiger partial charge in [-0.25, -0.2) is 0 Å². The number of carbonyl (C=O) groups is 1. The van der Waals surface area contributed by atoms with Gasteiger partial charge in [0.05, 0.1) is 12.6 Å². The zero-order chi connectivity index (χ0) is 17.2. The second-order valence-corrected chi connectivity index (χ2v) is 6.83. The average molecular weight is 340 g/mol. The normalized spacial score (nSPS) is 20.1. The first-order chi connectivity index (χ1) is 12.2. The van der Waals surface area contributed by atoms with Gasteiger partial charge in [-0.2, -0.15) is 5.10 Å². The van der Waals surface area contributed by atoms with Crippen molar-refractivity contribution < 1.29 is 9.53 Å². The molecule has 0 aliphatic carbocycles. The Kier molecular flexibility index (Phi) is 4.44. The van der Waals surface area contributed by atoms with E-state index in [1.165, 1.54) is 11.1 Å². The number of piperidine rings is 1. The second kappa shape index (κ2) is 6.88. The van der Waals surface area contributed by atoms with E-state index in [1.807, 2.05) is 10.9 Å². The zero-order valence-electron chi connectivity index (χ0n) is 14.6. The topological polar surface area (TPSA) is 59.4 Å². The summed E-state index contributed by atoms with van der Waals surface area (Å²) in [5.41, 5.74) is 3.16. The van der Waals surface area contributed by atoms with Crippen molar-refractivity contribution >= 4 is 5.91 Å². The van der Waals surface area contributed by atoms with Crippen LogP contribution in [0.5, 0.6) is 5.75 Å². The van der Waals surface area contributed by atoms with Crippen LogP contribution in [-0.4, -0.2) is 47.3 Å². The lowest BCUT2D eigenvalue weighted by Crippen LogP contribution is -2.36. The third-order valence-electron chi connectivity index (χ3n) is 5.08. The Labute approximate surface area is 147 Å². The number of ether oxygens (including phenoxy) is 1. The lowest BCUT2D eigenvalue weighted by atomic mass is 10.0. The van der Waals surface area contributed by atoms with E-state index in [9.17, 15) is 4.79 Å². The first-order valence-electron chi connectivity index (χ1n) is 8.97. The third-order valence-corrected chi connectivity index (χ3v) is 5.08. The van der Waals surface area contributed by atoms with Crippen LogP contribution < -0.4 is 10.1 Å². The average Bonchev–Trinajstić information content (AvgIpc) is 3.30. The standard InChI is InChI=1S/C19H24N4O2/c1-20-19(24)17-6-9-23(21-17)16-3-2-8-22(13-16)12-14-4-5-18-15(11-14)7-10-25-18/h4-6,9,11,16H,2-3,7-8,10,12-13H2,1H3,(H,20,24)/t16-/m1/s1. The Balaban J connectivity index is 1.42. The number of nitrogens with zero attached hydrogens (tertiary/aromatic N) is 3. The van der Waals surface area contributed by atoms with E-state index < -0.39 is 0 Å². The number of rotatable bonds is 4. The fourth-order valence-electron chi connectivity index (χ4n) is 3.78. The minimum Gasteiger partial charge on any atom is -0.493 e. The summed E-state index contributed by atoms with van der Waals surface area (Å²) in [6.45, 7) is 3.82. The van der Waals surface area contributed by atoms with Crippen molar-refractivity contribution in [2.75, 3.05) is 26.7 Å². The summed E-state index contributed by atoms with van der Waals surface area (Å²) < 4.78 is 7.54. The van der Waals surface area contributed by atoms with Crippen LogP contribution in [0.3, 0.4) is 0 Å². The molecule has 0 spiro atoms. The van der Waals surface area contributed by atoms with E-state index in [0.717, 1.165) is 51.3 Å². The van der Waals surface area contributed by atoms with Gasteiger partial charge in [0.1, 0.15) is 11.4 Å². The number of fused-ring (bicyclic) bond motifs is 1. The number of aromatic nitrogens is 2. The Morgan fingerprint density at radius 3 is 3.20 bits per heavy atom. The second-order valence-electron chi connectivity index (χ2n) is 6.83. The maximum atomic E-state index is 11.7. The van der Waals surface area contributed by atoms with E-state index in [-0.39, 0.29) is 5.91 Å². The number of nitrogens with one attached hydrogen (secondary N) is 1. The maximum absolute atomic E-state index is 11.7. The van der Waals surface area contributed by atoms with Crippen LogP contribution in [0.4, 0.5) is 0 Å². The molecule has 2 aliphatic rings. The van der Waals surface area contributed by atoms with Gasteiger partial charge in [0.25, 0.3) is 5.91 Å². The predicted octanol–water partition coefficient (Wildman–Crippen LogP) is 2.01. The fraction of sp³-hybridized carbons (Fsp3) is 0.474. The summed E-state index contributed by atoms with van der Waals surface area (Å²) in [5.74, 6) is 0.908. The maximum Gasteiger partial charge on any atom is 0.271 e. The van der Waals surface area contributed by atoms with E-state index in [4.69, 9.17) is 4.74 Å². The number of amides is 1. The highest BCUT2D eigenvalue weighted by molar-refractivity contribution is 5.91. The van der Waals surface area contributed by atoms with Crippen molar-refractivity contribution in [3.05, 3.63) is 47.3 Å². The van der Waals surface area contributed by atoms with Crippen LogP contribution in [0.1, 0.15) is 40.5 Å². The molecule has 132 valence electrons. The summed E-state index contributed by atoms with van der Waals surface area (Å²) >= 11 is 0. The predicted molar refractivity (Wildman–Crippen MR) is 94.8 cm³/mol. The molecule has 2 aromatic rings. The van der Waals surface area contributed by atoms with Crippen molar-refractivity contribution in [1.29, 1.82) is 0 Å². The van der Waals surface area contributed by atoms with Gasteiger partial charge in [0.15, 0.2) is 0 Å². The molecule has 6 nitrogen and oxygen atoms in total. The van der Waals surface area contributed by atoms with Gasteiger partial charge >= 0.3 is 0 Å². The van der Waals surface area contributed by atoms with Gasteiger partial charge in [-0.1, -0.05) is 12.1 Å². The van der Waals surface area contributed by atoms with Crippen molar-refractivity contribution in [3.63, 3.8) is 0 Å². The number of hydrogen-bond donors (Lipinski definition) is 1. The Hall–Kier alpha value is -2.34. The van der Waals surface area contributed by atoms with E-state index in [0.29, 0.717) is 11.7 Å². The lowest BCUT2D eigenvalue weighted by Gasteiger charge is -2.33. The van der Waals surface area contributed by atoms with Crippen molar-refractivity contribution in [3.8, 4) is 5.75 Å². The molecule has 2 aliphatic heterocycles. The number of benzene rings is 1. The van der Waals surface area contributed by atoms with E-state index >= 15 is 0 Å². The zero-order valence-corrected chi connectivity index (χ0v) is 14.6. The van der Waals surface area contributed by atoms with Crippen LogP contribution in [0.15, 0.2) is 30.5 Å². The molecule has 1 aromatic carbocycles. The molecule has 0 radical (unpaired) electrons. The van der Waals surface area contributed by atoms with Gasteiger partial charge in [-0.05, 0) is 42.6 Å². The minimum atomic E-state index is -0.133. The summed E-state index contributed by atoms with van der Waals surface area (Å²) in [5, 5.41) is 7.08. The lowest BCUT2D eigenvalue weighted by molar-refractivity contribution is 0.0955. The summed E-state index contributed by atoms with van der Waals surface area (Å²) in [6, 6.07) is 8.67. The molecule has 0 unspecified atom stereocenters. The van der Waals surface area contributed by atoms with Gasteiger partial charge in [0.2, 0.25) is 0 Å². The monoisotopic (exact) mass is 340 g/mol. The molecule has 1 fully saturated rings.